The van der Waals surface area contributed by atoms with Gasteiger partial charge in [0.25, 0.3) is 5.91 Å². The molecule has 1 aliphatic heterocycles. The topological polar surface area (TPSA) is 63.2 Å². The molecular weight excluding hydrogens is 321 g/mol. The number of pyridine rings is 1. The minimum absolute atomic E-state index is 0.148. The van der Waals surface area contributed by atoms with Crippen LogP contribution in [0.25, 0.3) is 0 Å². The summed E-state index contributed by atoms with van der Waals surface area (Å²) in [4.78, 5) is 16.5. The first-order valence-corrected chi connectivity index (χ1v) is 8.55. The summed E-state index contributed by atoms with van der Waals surface area (Å²) < 4.78 is 18.4. The van der Waals surface area contributed by atoms with Gasteiger partial charge in [0.2, 0.25) is 0 Å². The van der Waals surface area contributed by atoms with E-state index in [1.165, 1.54) is 12.1 Å². The number of halogens is 1. The molecule has 1 aromatic heterocycles. The van der Waals surface area contributed by atoms with Gasteiger partial charge in [-0.25, -0.2) is 9.37 Å². The average molecular weight is 343 g/mol. The molecule has 2 heterocycles. The lowest BCUT2D eigenvalue weighted by Crippen LogP contribution is -2.26. The van der Waals surface area contributed by atoms with Crippen LogP contribution in [0.4, 0.5) is 10.2 Å². The molecule has 25 heavy (non-hydrogen) atoms. The van der Waals surface area contributed by atoms with Crippen molar-refractivity contribution in [2.24, 2.45) is 0 Å². The monoisotopic (exact) mass is 343 g/mol. The number of nitrogens with one attached hydrogen (secondary N) is 2. The van der Waals surface area contributed by atoms with Gasteiger partial charge in [-0.2, -0.15) is 0 Å². The summed E-state index contributed by atoms with van der Waals surface area (Å²) in [5.41, 5.74) is 1.54. The maximum absolute atomic E-state index is 12.9. The van der Waals surface area contributed by atoms with Crippen molar-refractivity contribution in [1.82, 2.24) is 10.3 Å². The van der Waals surface area contributed by atoms with Crippen molar-refractivity contribution in [1.29, 1.82) is 0 Å². The predicted molar refractivity (Wildman–Crippen MR) is 94.1 cm³/mol. The number of anilines is 1. The Labute approximate surface area is 146 Å². The van der Waals surface area contributed by atoms with Gasteiger partial charge in [0.15, 0.2) is 0 Å². The number of benzene rings is 1. The molecule has 1 amide bonds. The molecule has 6 heteroatoms. The summed E-state index contributed by atoms with van der Waals surface area (Å²) in [5, 5.41) is 6.09. The van der Waals surface area contributed by atoms with Crippen LogP contribution in [0.1, 0.15) is 28.8 Å². The molecule has 1 aromatic carbocycles. The van der Waals surface area contributed by atoms with Crippen LogP contribution in [0.2, 0.25) is 0 Å². The molecule has 1 unspecified atom stereocenters. The molecule has 132 valence electrons. The van der Waals surface area contributed by atoms with Crippen LogP contribution < -0.4 is 10.6 Å². The third-order valence-electron chi connectivity index (χ3n) is 4.17. The summed E-state index contributed by atoms with van der Waals surface area (Å²) in [6.07, 6.45) is 4.64. The largest absolute Gasteiger partial charge is 0.376 e. The summed E-state index contributed by atoms with van der Waals surface area (Å²) in [5.74, 6) is 0.263. The van der Waals surface area contributed by atoms with Gasteiger partial charge in [-0.15, -0.1) is 0 Å². The summed E-state index contributed by atoms with van der Waals surface area (Å²) in [6, 6.07) is 9.72. The van der Waals surface area contributed by atoms with Gasteiger partial charge < -0.3 is 15.4 Å². The second-order valence-electron chi connectivity index (χ2n) is 6.08. The zero-order valence-corrected chi connectivity index (χ0v) is 14.0. The maximum atomic E-state index is 12.9. The van der Waals surface area contributed by atoms with Gasteiger partial charge in [0.05, 0.1) is 6.10 Å². The number of aromatic nitrogens is 1. The summed E-state index contributed by atoms with van der Waals surface area (Å²) >= 11 is 0. The molecule has 0 spiro atoms. The second-order valence-corrected chi connectivity index (χ2v) is 6.08. The number of carbonyl (C=O) groups is 1. The minimum atomic E-state index is -0.257. The molecule has 0 bridgehead atoms. The number of nitrogens with zero attached hydrogens (tertiary/aromatic N) is 1. The standard InChI is InChI=1S/C19H22FN3O2/c20-16-5-3-14(4-6-16)7-9-22-19(24)15-8-10-21-18(12-15)23-13-17-2-1-11-25-17/h3-6,8,10,12,17H,1-2,7,9,11,13H2,(H,21,23)(H,22,24). The third kappa shape index (κ3) is 5.26. The Morgan fingerprint density at radius 2 is 2.12 bits per heavy atom. The molecule has 3 rings (SSSR count). The Hall–Kier alpha value is -2.47. The van der Waals surface area contributed by atoms with Gasteiger partial charge in [0.1, 0.15) is 11.6 Å². The summed E-state index contributed by atoms with van der Waals surface area (Å²) in [7, 11) is 0. The molecule has 5 nitrogen and oxygen atoms in total. The van der Waals surface area contributed by atoms with E-state index < -0.39 is 0 Å². The van der Waals surface area contributed by atoms with Gasteiger partial charge in [-0.05, 0) is 49.1 Å². The Balaban J connectivity index is 1.47. The Morgan fingerprint density at radius 1 is 1.28 bits per heavy atom. The lowest BCUT2D eigenvalue weighted by atomic mass is 10.1. The van der Waals surface area contributed by atoms with Crippen molar-refractivity contribution in [3.8, 4) is 0 Å². The molecule has 1 aliphatic rings. The number of rotatable bonds is 7. The molecule has 2 N–H and O–H groups in total. The highest BCUT2D eigenvalue weighted by Crippen LogP contribution is 2.13. The van der Waals surface area contributed by atoms with Crippen LogP contribution in [-0.4, -0.2) is 36.7 Å². The SMILES string of the molecule is O=C(NCCc1ccc(F)cc1)c1ccnc(NCC2CCCO2)c1. The first-order chi connectivity index (χ1) is 12.2. The first kappa shape index (κ1) is 17.4. The van der Waals surface area contributed by atoms with Crippen LogP contribution in [-0.2, 0) is 11.2 Å². The van der Waals surface area contributed by atoms with E-state index in [2.05, 4.69) is 15.6 Å². The molecular formula is C19H22FN3O2. The third-order valence-corrected chi connectivity index (χ3v) is 4.17. The normalized spacial score (nSPS) is 16.6. The van der Waals surface area contributed by atoms with E-state index >= 15 is 0 Å². The van der Waals surface area contributed by atoms with Crippen molar-refractivity contribution in [3.05, 3.63) is 59.5 Å². The van der Waals surface area contributed by atoms with Crippen molar-refractivity contribution in [2.75, 3.05) is 25.0 Å². The van der Waals surface area contributed by atoms with Gasteiger partial charge in [0, 0.05) is 31.5 Å². The highest BCUT2D eigenvalue weighted by Gasteiger charge is 2.15. The van der Waals surface area contributed by atoms with E-state index in [-0.39, 0.29) is 17.8 Å². The van der Waals surface area contributed by atoms with E-state index in [4.69, 9.17) is 4.74 Å². The van der Waals surface area contributed by atoms with E-state index in [1.54, 1.807) is 30.5 Å². The number of hydrogen-bond acceptors (Lipinski definition) is 4. The maximum Gasteiger partial charge on any atom is 0.251 e. The van der Waals surface area contributed by atoms with Gasteiger partial charge >= 0.3 is 0 Å². The molecule has 1 fully saturated rings. The molecule has 2 aromatic rings. The highest BCUT2D eigenvalue weighted by molar-refractivity contribution is 5.94. The second kappa shape index (κ2) is 8.58. The minimum Gasteiger partial charge on any atom is -0.376 e. The molecule has 1 saturated heterocycles. The van der Waals surface area contributed by atoms with Crippen LogP contribution in [0.3, 0.4) is 0 Å². The Kier molecular flexibility index (Phi) is 5.95. The fraction of sp³-hybridized carbons (Fsp3) is 0.368. The van der Waals surface area contributed by atoms with E-state index in [9.17, 15) is 9.18 Å². The highest BCUT2D eigenvalue weighted by atomic mass is 19.1. The fourth-order valence-corrected chi connectivity index (χ4v) is 2.77. The smallest absolute Gasteiger partial charge is 0.251 e. The van der Waals surface area contributed by atoms with Gasteiger partial charge in [-0.3, -0.25) is 4.79 Å². The van der Waals surface area contributed by atoms with Crippen LogP contribution in [0, 0.1) is 5.82 Å². The van der Waals surface area contributed by atoms with Crippen molar-refractivity contribution < 1.29 is 13.9 Å². The zero-order chi connectivity index (χ0) is 17.5. The van der Waals surface area contributed by atoms with Crippen molar-refractivity contribution >= 4 is 11.7 Å². The summed E-state index contributed by atoms with van der Waals surface area (Å²) in [6.45, 7) is 2.00. The van der Waals surface area contributed by atoms with Crippen LogP contribution in [0.15, 0.2) is 42.6 Å². The first-order valence-electron chi connectivity index (χ1n) is 8.55. The molecule has 0 radical (unpaired) electrons. The van der Waals surface area contributed by atoms with Crippen LogP contribution >= 0.6 is 0 Å². The Bertz CT molecular complexity index is 700. The number of hydrogen-bond donors (Lipinski definition) is 2. The van der Waals surface area contributed by atoms with E-state index in [1.807, 2.05) is 0 Å². The molecule has 0 saturated carbocycles. The van der Waals surface area contributed by atoms with Crippen molar-refractivity contribution in [3.63, 3.8) is 0 Å². The van der Waals surface area contributed by atoms with E-state index in [0.717, 1.165) is 25.0 Å². The average Bonchev–Trinajstić information content (AvgIpc) is 3.15. The predicted octanol–water partition coefficient (Wildman–Crippen LogP) is 2.78. The van der Waals surface area contributed by atoms with Crippen LogP contribution in [0.5, 0.6) is 0 Å². The number of ether oxygens (including phenoxy) is 1. The Morgan fingerprint density at radius 3 is 2.88 bits per heavy atom. The number of carbonyl (C=O) groups excluding carboxylic acids is 1. The lowest BCUT2D eigenvalue weighted by Gasteiger charge is -2.12. The lowest BCUT2D eigenvalue weighted by molar-refractivity contribution is 0.0954. The fourth-order valence-electron chi connectivity index (χ4n) is 2.77. The van der Waals surface area contributed by atoms with Gasteiger partial charge in [-0.1, -0.05) is 12.1 Å². The quantitative estimate of drug-likeness (QED) is 0.811. The zero-order valence-electron chi connectivity index (χ0n) is 14.0. The van der Waals surface area contributed by atoms with E-state index in [0.29, 0.717) is 30.9 Å². The molecule has 1 atom stereocenters. The van der Waals surface area contributed by atoms with Crippen molar-refractivity contribution in [2.45, 2.75) is 25.4 Å². The number of amides is 1. The molecule has 0 aliphatic carbocycles.